The van der Waals surface area contributed by atoms with Crippen molar-refractivity contribution in [2.75, 3.05) is 12.9 Å². The van der Waals surface area contributed by atoms with E-state index in [-0.39, 0.29) is 10.9 Å². The minimum Gasteiger partial charge on any atom is -0.494 e. The van der Waals surface area contributed by atoms with Crippen LogP contribution in [0.1, 0.15) is 24.1 Å². The van der Waals surface area contributed by atoms with E-state index in [0.29, 0.717) is 6.61 Å². The quantitative estimate of drug-likeness (QED) is 0.921. The van der Waals surface area contributed by atoms with Gasteiger partial charge in [0.25, 0.3) is 0 Å². The summed E-state index contributed by atoms with van der Waals surface area (Å²) < 4.78 is 28.6. The van der Waals surface area contributed by atoms with Gasteiger partial charge >= 0.3 is 0 Å². The highest BCUT2D eigenvalue weighted by molar-refractivity contribution is 7.90. The summed E-state index contributed by atoms with van der Waals surface area (Å²) in [5, 5.41) is 0. The highest BCUT2D eigenvalue weighted by Gasteiger charge is 2.13. The molecule has 0 bridgehead atoms. The van der Waals surface area contributed by atoms with E-state index >= 15 is 0 Å². The number of ether oxygens (including phenoxy) is 1. The molecule has 2 rings (SSSR count). The van der Waals surface area contributed by atoms with Crippen LogP contribution in [0, 0.1) is 0 Å². The minimum absolute atomic E-state index is 0.279. The van der Waals surface area contributed by atoms with Gasteiger partial charge in [-0.1, -0.05) is 24.3 Å². The molecule has 1 unspecified atom stereocenters. The van der Waals surface area contributed by atoms with Crippen molar-refractivity contribution >= 4 is 9.84 Å². The van der Waals surface area contributed by atoms with Crippen LogP contribution in [0.2, 0.25) is 0 Å². The van der Waals surface area contributed by atoms with Gasteiger partial charge < -0.3 is 10.5 Å². The second kappa shape index (κ2) is 6.28. The smallest absolute Gasteiger partial charge is 0.175 e. The van der Waals surface area contributed by atoms with Crippen LogP contribution in [0.4, 0.5) is 0 Å². The molecular weight excluding hydrogens is 286 g/mol. The van der Waals surface area contributed by atoms with Crippen molar-refractivity contribution in [3.63, 3.8) is 0 Å². The Morgan fingerprint density at radius 1 is 1.10 bits per heavy atom. The first-order chi connectivity index (χ1) is 9.91. The molecule has 2 N–H and O–H groups in total. The van der Waals surface area contributed by atoms with Crippen molar-refractivity contribution in [3.05, 3.63) is 59.7 Å². The van der Waals surface area contributed by atoms with Gasteiger partial charge in [0.1, 0.15) is 5.75 Å². The standard InChI is InChI=1S/C16H19NO3S/c1-3-20-14-9-7-12(8-10-14)16(17)13-5-4-6-15(11-13)21(2,18)19/h4-11,16H,3,17H2,1-2H3. The molecule has 21 heavy (non-hydrogen) atoms. The number of hydrogen-bond donors (Lipinski definition) is 1. The molecule has 0 aliphatic heterocycles. The van der Waals surface area contributed by atoms with Crippen LogP contribution < -0.4 is 10.5 Å². The SMILES string of the molecule is CCOc1ccc(C(N)c2cccc(S(C)(=O)=O)c2)cc1. The fourth-order valence-electron chi connectivity index (χ4n) is 2.07. The van der Waals surface area contributed by atoms with E-state index in [1.165, 1.54) is 6.26 Å². The van der Waals surface area contributed by atoms with Gasteiger partial charge in [-0.15, -0.1) is 0 Å². The highest BCUT2D eigenvalue weighted by Crippen LogP contribution is 2.24. The molecule has 5 heteroatoms. The first-order valence-electron chi connectivity index (χ1n) is 6.70. The molecule has 0 amide bonds. The first-order valence-corrected chi connectivity index (χ1v) is 8.59. The van der Waals surface area contributed by atoms with E-state index in [1.807, 2.05) is 37.3 Å². The van der Waals surface area contributed by atoms with Crippen LogP contribution in [0.15, 0.2) is 53.4 Å². The molecule has 4 nitrogen and oxygen atoms in total. The highest BCUT2D eigenvalue weighted by atomic mass is 32.2. The van der Waals surface area contributed by atoms with E-state index in [9.17, 15) is 8.42 Å². The summed E-state index contributed by atoms with van der Waals surface area (Å²) in [7, 11) is -3.23. The maximum absolute atomic E-state index is 11.6. The zero-order valence-corrected chi connectivity index (χ0v) is 12.9. The second-order valence-electron chi connectivity index (χ2n) is 4.82. The predicted molar refractivity (Wildman–Crippen MR) is 83.2 cm³/mol. The van der Waals surface area contributed by atoms with Crippen LogP contribution in [0.3, 0.4) is 0 Å². The zero-order valence-electron chi connectivity index (χ0n) is 12.1. The van der Waals surface area contributed by atoms with Crippen molar-refractivity contribution in [1.29, 1.82) is 0 Å². The first kappa shape index (κ1) is 15.5. The lowest BCUT2D eigenvalue weighted by Gasteiger charge is -2.14. The number of sulfone groups is 1. The van der Waals surface area contributed by atoms with Gasteiger partial charge in [-0.3, -0.25) is 0 Å². The van der Waals surface area contributed by atoms with Crippen LogP contribution in [0.5, 0.6) is 5.75 Å². The summed E-state index contributed by atoms with van der Waals surface area (Å²) in [5.74, 6) is 0.790. The van der Waals surface area contributed by atoms with Crippen molar-refractivity contribution < 1.29 is 13.2 Å². The third-order valence-corrected chi connectivity index (χ3v) is 4.31. The van der Waals surface area contributed by atoms with Gasteiger partial charge in [-0.05, 0) is 42.3 Å². The van der Waals surface area contributed by atoms with Gasteiger partial charge in [0.15, 0.2) is 9.84 Å². The minimum atomic E-state index is -3.23. The summed E-state index contributed by atoms with van der Waals surface area (Å²) in [6.45, 7) is 2.54. The fourth-order valence-corrected chi connectivity index (χ4v) is 2.75. The molecule has 0 aromatic heterocycles. The number of benzene rings is 2. The molecule has 0 heterocycles. The molecule has 112 valence electrons. The third kappa shape index (κ3) is 3.83. The molecule has 0 aliphatic rings. The molecule has 0 saturated carbocycles. The topological polar surface area (TPSA) is 69.4 Å². The van der Waals surface area contributed by atoms with Gasteiger partial charge in [0, 0.05) is 6.26 Å². The summed E-state index contributed by atoms with van der Waals surface area (Å²) in [5.41, 5.74) is 7.89. The lowest BCUT2D eigenvalue weighted by Crippen LogP contribution is -2.12. The molecule has 1 atom stereocenters. The zero-order chi connectivity index (χ0) is 15.5. The summed E-state index contributed by atoms with van der Waals surface area (Å²) in [6, 6.07) is 13.9. The molecule has 0 fully saturated rings. The summed E-state index contributed by atoms with van der Waals surface area (Å²) >= 11 is 0. The molecular formula is C16H19NO3S. The molecule has 2 aromatic carbocycles. The summed E-state index contributed by atoms with van der Waals surface area (Å²) in [6.07, 6.45) is 1.19. The van der Waals surface area contributed by atoms with Gasteiger partial charge in [-0.2, -0.15) is 0 Å². The van der Waals surface area contributed by atoms with Crippen LogP contribution in [-0.2, 0) is 9.84 Å². The Bertz CT molecular complexity index is 709. The average molecular weight is 305 g/mol. The van der Waals surface area contributed by atoms with Crippen LogP contribution >= 0.6 is 0 Å². The number of rotatable bonds is 5. The average Bonchev–Trinajstić information content (AvgIpc) is 2.47. The maximum Gasteiger partial charge on any atom is 0.175 e. The Morgan fingerprint density at radius 3 is 2.33 bits per heavy atom. The normalized spacial score (nSPS) is 12.9. The van der Waals surface area contributed by atoms with E-state index in [1.54, 1.807) is 18.2 Å². The van der Waals surface area contributed by atoms with Gasteiger partial charge in [-0.25, -0.2) is 8.42 Å². The van der Waals surface area contributed by atoms with Gasteiger partial charge in [0.05, 0.1) is 17.5 Å². The Hall–Kier alpha value is -1.85. The Kier molecular flexibility index (Phi) is 4.65. The molecule has 2 aromatic rings. The monoisotopic (exact) mass is 305 g/mol. The fraction of sp³-hybridized carbons (Fsp3) is 0.250. The van der Waals surface area contributed by atoms with Crippen LogP contribution in [-0.4, -0.2) is 21.3 Å². The van der Waals surface area contributed by atoms with E-state index in [2.05, 4.69) is 0 Å². The van der Waals surface area contributed by atoms with E-state index in [0.717, 1.165) is 16.9 Å². The van der Waals surface area contributed by atoms with Crippen molar-refractivity contribution in [3.8, 4) is 5.75 Å². The van der Waals surface area contributed by atoms with Gasteiger partial charge in [0.2, 0.25) is 0 Å². The van der Waals surface area contributed by atoms with Crippen molar-refractivity contribution in [2.45, 2.75) is 17.9 Å². The lowest BCUT2D eigenvalue weighted by molar-refractivity contribution is 0.340. The number of hydrogen-bond acceptors (Lipinski definition) is 4. The summed E-state index contributed by atoms with van der Waals surface area (Å²) in [4.78, 5) is 0.279. The largest absolute Gasteiger partial charge is 0.494 e. The third-order valence-electron chi connectivity index (χ3n) is 3.20. The second-order valence-corrected chi connectivity index (χ2v) is 6.84. The van der Waals surface area contributed by atoms with E-state index in [4.69, 9.17) is 10.5 Å². The Labute approximate surface area is 125 Å². The Morgan fingerprint density at radius 2 is 1.76 bits per heavy atom. The molecule has 0 spiro atoms. The maximum atomic E-state index is 11.6. The lowest BCUT2D eigenvalue weighted by atomic mass is 10.00. The predicted octanol–water partition coefficient (Wildman–Crippen LogP) is 2.54. The van der Waals surface area contributed by atoms with Crippen LogP contribution in [0.25, 0.3) is 0 Å². The van der Waals surface area contributed by atoms with Crippen molar-refractivity contribution in [1.82, 2.24) is 0 Å². The molecule has 0 aliphatic carbocycles. The number of nitrogens with two attached hydrogens (primary N) is 1. The van der Waals surface area contributed by atoms with Crippen molar-refractivity contribution in [2.24, 2.45) is 5.73 Å². The Balaban J connectivity index is 2.29. The molecule has 0 saturated heterocycles. The molecule has 0 radical (unpaired) electrons. The van der Waals surface area contributed by atoms with E-state index < -0.39 is 9.84 Å².